The fourth-order valence-corrected chi connectivity index (χ4v) is 5.20. The van der Waals surface area contributed by atoms with E-state index in [0.29, 0.717) is 16.4 Å². The number of halogens is 1. The Morgan fingerprint density at radius 2 is 1.76 bits per heavy atom. The molecule has 38 heavy (non-hydrogen) atoms. The lowest BCUT2D eigenvalue weighted by Gasteiger charge is -2.33. The van der Waals surface area contributed by atoms with Crippen molar-refractivity contribution in [1.82, 2.24) is 5.32 Å². The minimum absolute atomic E-state index is 0.219. The second-order valence-corrected chi connectivity index (χ2v) is 11.1. The van der Waals surface area contributed by atoms with Crippen LogP contribution in [0.3, 0.4) is 0 Å². The topological polar surface area (TPSA) is 95.7 Å². The van der Waals surface area contributed by atoms with Gasteiger partial charge in [-0.1, -0.05) is 54.1 Å². The second-order valence-electron chi connectivity index (χ2n) is 10.7. The fraction of sp³-hybridized carbons (Fsp3) is 0.300. The van der Waals surface area contributed by atoms with Crippen LogP contribution in [0.5, 0.6) is 0 Å². The molecule has 1 aliphatic heterocycles. The zero-order valence-corrected chi connectivity index (χ0v) is 22.8. The maximum Gasteiger partial charge on any atom is 0.320 e. The van der Waals surface area contributed by atoms with Crippen LogP contribution < -0.4 is 20.9 Å². The minimum Gasteiger partial charge on any atom is -0.351 e. The number of amides is 4. The van der Waals surface area contributed by atoms with Gasteiger partial charge < -0.3 is 16.0 Å². The number of carbonyl (C=O) groups is 3. The summed E-state index contributed by atoms with van der Waals surface area (Å²) >= 11 is 6.46. The summed E-state index contributed by atoms with van der Waals surface area (Å²) in [5.74, 6) is -0.998. The standard InChI is InChI=1S/C30H33ClN4O3/c1-19-9-8-12-22(15-19)35(29(32)38)26-17-23(20-10-6-5-7-11-20)24-16-21(31)13-14-25(24)34(28(26)37)18-27(36)33-30(2,3)4/h5-16,23,26H,17-18H2,1-4H3,(H2,32,38)(H,33,36). The first-order chi connectivity index (χ1) is 17.9. The van der Waals surface area contributed by atoms with Crippen molar-refractivity contribution in [3.63, 3.8) is 0 Å². The molecule has 8 heteroatoms. The van der Waals surface area contributed by atoms with Crippen LogP contribution in [0.4, 0.5) is 16.2 Å². The van der Waals surface area contributed by atoms with E-state index in [4.69, 9.17) is 17.3 Å². The number of primary amides is 1. The number of anilines is 2. The third-order valence-corrected chi connectivity index (χ3v) is 6.75. The smallest absolute Gasteiger partial charge is 0.320 e. The van der Waals surface area contributed by atoms with Crippen molar-refractivity contribution in [2.24, 2.45) is 5.73 Å². The number of carbonyl (C=O) groups excluding carboxylic acids is 3. The number of rotatable bonds is 5. The molecule has 1 aliphatic rings. The van der Waals surface area contributed by atoms with Crippen molar-refractivity contribution in [3.8, 4) is 0 Å². The average molecular weight is 533 g/mol. The number of nitrogens with one attached hydrogen (secondary N) is 1. The number of urea groups is 1. The molecule has 0 saturated heterocycles. The zero-order chi connectivity index (χ0) is 27.6. The third-order valence-electron chi connectivity index (χ3n) is 6.51. The Hall–Kier alpha value is -3.84. The van der Waals surface area contributed by atoms with Crippen molar-refractivity contribution in [3.05, 3.63) is 94.5 Å². The van der Waals surface area contributed by atoms with Crippen molar-refractivity contribution < 1.29 is 14.4 Å². The Morgan fingerprint density at radius 1 is 1.05 bits per heavy atom. The Bertz CT molecular complexity index is 1350. The maximum atomic E-state index is 14.3. The van der Waals surface area contributed by atoms with Gasteiger partial charge in [-0.25, -0.2) is 4.79 Å². The van der Waals surface area contributed by atoms with E-state index in [0.717, 1.165) is 16.7 Å². The predicted octanol–water partition coefficient (Wildman–Crippen LogP) is 5.39. The van der Waals surface area contributed by atoms with Gasteiger partial charge in [-0.05, 0) is 81.1 Å². The van der Waals surface area contributed by atoms with Crippen LogP contribution in [0.1, 0.15) is 49.8 Å². The van der Waals surface area contributed by atoms with Gasteiger partial charge in [0.25, 0.3) is 5.91 Å². The molecule has 0 spiro atoms. The van der Waals surface area contributed by atoms with Crippen molar-refractivity contribution in [2.75, 3.05) is 16.3 Å². The van der Waals surface area contributed by atoms with Gasteiger partial charge in [-0.2, -0.15) is 0 Å². The zero-order valence-electron chi connectivity index (χ0n) is 22.1. The first-order valence-corrected chi connectivity index (χ1v) is 12.9. The molecule has 0 radical (unpaired) electrons. The SMILES string of the molecule is Cc1cccc(N(C(N)=O)C2CC(c3ccccc3)c3cc(Cl)ccc3N(CC(=O)NC(C)(C)C)C2=O)c1. The summed E-state index contributed by atoms with van der Waals surface area (Å²) in [6.07, 6.45) is 0.254. The molecule has 4 amide bonds. The van der Waals surface area contributed by atoms with E-state index in [1.165, 1.54) is 9.80 Å². The summed E-state index contributed by atoms with van der Waals surface area (Å²) in [7, 11) is 0. The monoisotopic (exact) mass is 532 g/mol. The molecule has 0 aromatic heterocycles. The average Bonchev–Trinajstić information content (AvgIpc) is 2.94. The number of fused-ring (bicyclic) bond motifs is 1. The highest BCUT2D eigenvalue weighted by atomic mass is 35.5. The Kier molecular flexibility index (Phi) is 7.78. The van der Waals surface area contributed by atoms with Crippen LogP contribution in [0.25, 0.3) is 0 Å². The lowest BCUT2D eigenvalue weighted by atomic mass is 9.85. The van der Waals surface area contributed by atoms with Gasteiger partial charge in [0.1, 0.15) is 12.6 Å². The summed E-state index contributed by atoms with van der Waals surface area (Å²) in [5.41, 5.74) is 9.22. The number of hydrogen-bond acceptors (Lipinski definition) is 3. The van der Waals surface area contributed by atoms with Gasteiger partial charge in [0.15, 0.2) is 0 Å². The molecule has 4 rings (SSSR count). The number of benzene rings is 3. The number of nitrogens with zero attached hydrogens (tertiary/aromatic N) is 2. The van der Waals surface area contributed by atoms with Crippen LogP contribution in [-0.4, -0.2) is 36.0 Å². The molecule has 3 N–H and O–H groups in total. The molecular weight excluding hydrogens is 500 g/mol. The third kappa shape index (κ3) is 6.00. The molecule has 2 unspecified atom stereocenters. The quantitative estimate of drug-likeness (QED) is 0.461. The van der Waals surface area contributed by atoms with Crippen LogP contribution in [0.2, 0.25) is 5.02 Å². The van der Waals surface area contributed by atoms with Crippen LogP contribution in [0, 0.1) is 6.92 Å². The van der Waals surface area contributed by atoms with E-state index < -0.39 is 23.5 Å². The predicted molar refractivity (Wildman–Crippen MR) is 152 cm³/mol. The van der Waals surface area contributed by atoms with E-state index in [-0.39, 0.29) is 24.8 Å². The largest absolute Gasteiger partial charge is 0.351 e. The maximum absolute atomic E-state index is 14.3. The normalized spacial score (nSPS) is 17.4. The lowest BCUT2D eigenvalue weighted by Crippen LogP contribution is -2.55. The molecule has 0 saturated carbocycles. The molecule has 0 fully saturated rings. The molecule has 2 atom stereocenters. The number of nitrogens with two attached hydrogens (primary N) is 1. The highest BCUT2D eigenvalue weighted by Crippen LogP contribution is 2.42. The lowest BCUT2D eigenvalue weighted by molar-refractivity contribution is -0.125. The first-order valence-electron chi connectivity index (χ1n) is 12.6. The summed E-state index contributed by atoms with van der Waals surface area (Å²) in [6, 6.07) is 20.7. The van der Waals surface area contributed by atoms with Crippen LogP contribution in [0.15, 0.2) is 72.8 Å². The molecule has 0 bridgehead atoms. The summed E-state index contributed by atoms with van der Waals surface area (Å²) in [6.45, 7) is 7.32. The van der Waals surface area contributed by atoms with Crippen LogP contribution in [-0.2, 0) is 9.59 Å². The van der Waals surface area contributed by atoms with E-state index in [1.54, 1.807) is 18.2 Å². The van der Waals surface area contributed by atoms with Crippen LogP contribution >= 0.6 is 11.6 Å². The Balaban J connectivity index is 1.90. The molecule has 3 aromatic carbocycles. The molecule has 1 heterocycles. The molecular formula is C30H33ClN4O3. The molecule has 3 aromatic rings. The highest BCUT2D eigenvalue weighted by molar-refractivity contribution is 6.30. The summed E-state index contributed by atoms with van der Waals surface area (Å²) < 4.78 is 0. The Labute approximate surface area is 228 Å². The number of aryl methyl sites for hydroxylation is 1. The van der Waals surface area contributed by atoms with Gasteiger partial charge in [0.05, 0.1) is 0 Å². The first kappa shape index (κ1) is 27.2. The van der Waals surface area contributed by atoms with Gasteiger partial charge in [-0.15, -0.1) is 0 Å². The van der Waals surface area contributed by atoms with E-state index in [2.05, 4.69) is 5.32 Å². The summed E-state index contributed by atoms with van der Waals surface area (Å²) in [5, 5.41) is 3.45. The van der Waals surface area contributed by atoms with Crippen molar-refractivity contribution >= 4 is 40.8 Å². The van der Waals surface area contributed by atoms with Gasteiger partial charge >= 0.3 is 6.03 Å². The molecule has 198 valence electrons. The number of hydrogen-bond donors (Lipinski definition) is 2. The Morgan fingerprint density at radius 3 is 2.39 bits per heavy atom. The second kappa shape index (κ2) is 10.9. The molecule has 0 aliphatic carbocycles. The van der Waals surface area contributed by atoms with E-state index >= 15 is 0 Å². The van der Waals surface area contributed by atoms with Gasteiger partial charge in [-0.3, -0.25) is 14.5 Å². The molecule has 7 nitrogen and oxygen atoms in total. The van der Waals surface area contributed by atoms with Gasteiger partial charge in [0, 0.05) is 27.9 Å². The van der Waals surface area contributed by atoms with Crippen molar-refractivity contribution in [1.29, 1.82) is 0 Å². The van der Waals surface area contributed by atoms with Gasteiger partial charge in [0.2, 0.25) is 5.91 Å². The van der Waals surface area contributed by atoms with Crippen molar-refractivity contribution in [2.45, 2.75) is 51.6 Å². The van der Waals surface area contributed by atoms with E-state index in [9.17, 15) is 14.4 Å². The van der Waals surface area contributed by atoms with E-state index in [1.807, 2.05) is 82.3 Å². The fourth-order valence-electron chi connectivity index (χ4n) is 5.02. The summed E-state index contributed by atoms with van der Waals surface area (Å²) in [4.78, 5) is 43.2. The highest BCUT2D eigenvalue weighted by Gasteiger charge is 2.41. The minimum atomic E-state index is -0.965.